The van der Waals surface area contributed by atoms with E-state index < -0.39 is 29.8 Å². The van der Waals surface area contributed by atoms with E-state index in [4.69, 9.17) is 4.74 Å². The first-order valence-electron chi connectivity index (χ1n) is 11.8. The lowest BCUT2D eigenvalue weighted by Gasteiger charge is -2.35. The van der Waals surface area contributed by atoms with E-state index in [9.17, 15) is 18.7 Å². The highest BCUT2D eigenvalue weighted by molar-refractivity contribution is 5.81. The molecule has 186 valence electrons. The maximum atomic E-state index is 13.9. The predicted octanol–water partition coefficient (Wildman–Crippen LogP) is 1.87. The summed E-state index contributed by atoms with van der Waals surface area (Å²) in [7, 11) is 0. The fourth-order valence-electron chi connectivity index (χ4n) is 5.02. The minimum atomic E-state index is -2.87. The first-order valence-corrected chi connectivity index (χ1v) is 11.8. The molecule has 1 aromatic rings. The van der Waals surface area contributed by atoms with Crippen LogP contribution in [0.3, 0.4) is 0 Å². The smallest absolute Gasteiger partial charge is 0.343 e. The highest BCUT2D eigenvalue weighted by Gasteiger charge is 2.54. The van der Waals surface area contributed by atoms with E-state index in [-0.39, 0.29) is 42.6 Å². The lowest BCUT2D eigenvalue weighted by atomic mass is 9.80. The van der Waals surface area contributed by atoms with E-state index >= 15 is 0 Å². The second kappa shape index (κ2) is 11.6. The molecule has 1 heterocycles. The molecular formula is C25H36BrF2N2O3-. The Morgan fingerprint density at radius 3 is 2.48 bits per heavy atom. The van der Waals surface area contributed by atoms with E-state index in [1.807, 2.05) is 0 Å². The van der Waals surface area contributed by atoms with E-state index in [0.29, 0.717) is 24.6 Å². The van der Waals surface area contributed by atoms with Crippen molar-refractivity contribution in [2.24, 2.45) is 5.92 Å². The van der Waals surface area contributed by atoms with Gasteiger partial charge in [-0.1, -0.05) is 44.2 Å². The van der Waals surface area contributed by atoms with Gasteiger partial charge < -0.3 is 36.6 Å². The number of alkyl halides is 2. The van der Waals surface area contributed by atoms with Gasteiger partial charge in [0.05, 0.1) is 12.8 Å². The van der Waals surface area contributed by atoms with E-state index in [2.05, 4.69) is 43.0 Å². The molecule has 1 aliphatic heterocycles. The molecule has 1 fully saturated rings. The molecule has 0 spiro atoms. The molecule has 0 saturated heterocycles. The van der Waals surface area contributed by atoms with Gasteiger partial charge in [0.2, 0.25) is 5.92 Å². The molecule has 0 aromatic heterocycles. The second-order valence-corrected chi connectivity index (χ2v) is 9.00. The number of rotatable bonds is 10. The monoisotopic (exact) mass is 529 g/mol. The van der Waals surface area contributed by atoms with Crippen molar-refractivity contribution in [2.75, 3.05) is 13.2 Å². The Kier molecular flexibility index (Phi) is 9.73. The molecular weight excluding hydrogens is 494 g/mol. The van der Waals surface area contributed by atoms with Gasteiger partial charge in [0, 0.05) is 43.7 Å². The average Bonchev–Trinajstić information content (AvgIpc) is 3.34. The summed E-state index contributed by atoms with van der Waals surface area (Å²) < 4.78 is 33.2. The molecule has 1 N–H and O–H groups in total. The predicted molar refractivity (Wildman–Crippen MR) is 120 cm³/mol. The summed E-state index contributed by atoms with van der Waals surface area (Å²) in [5.74, 6) is -4.58. The van der Waals surface area contributed by atoms with Crippen LogP contribution in [0.25, 0.3) is 0 Å². The standard InChI is InChI=1S/C25H36F2N2O3.BrH/c1-4-22(5-2)29-16-15-28(19(29)3)14-9-17-32-23(30)25(31,20-10-7-6-8-11-20)21-12-13-24(26,27)18-21;/h6-8,10-11,15-16,19,21-22,31H,4-5,9,12-14,17-18H2,1-3H3;1H/p-1/t19?,21-,25+;/m1./s1. The molecule has 3 rings (SSSR count). The zero-order valence-electron chi connectivity index (χ0n) is 19.7. The molecule has 0 amide bonds. The van der Waals surface area contributed by atoms with Gasteiger partial charge in [-0.2, -0.15) is 0 Å². The fourth-order valence-corrected chi connectivity index (χ4v) is 5.02. The van der Waals surface area contributed by atoms with E-state index in [0.717, 1.165) is 12.8 Å². The molecule has 3 atom stereocenters. The Bertz CT molecular complexity index is 791. The Balaban J connectivity index is 0.00000385. The maximum absolute atomic E-state index is 13.9. The number of carbonyl (C=O) groups is 1. The van der Waals surface area contributed by atoms with Crippen LogP contribution in [0.4, 0.5) is 8.78 Å². The first kappa shape index (κ1) is 27.6. The Morgan fingerprint density at radius 1 is 1.24 bits per heavy atom. The molecule has 0 bridgehead atoms. The van der Waals surface area contributed by atoms with Crippen LogP contribution in [0.15, 0.2) is 42.7 Å². The third-order valence-electron chi connectivity index (χ3n) is 7.02. The minimum absolute atomic E-state index is 0. The zero-order valence-corrected chi connectivity index (χ0v) is 21.3. The van der Waals surface area contributed by atoms with Crippen molar-refractivity contribution in [1.29, 1.82) is 0 Å². The number of ether oxygens (including phenoxy) is 1. The molecule has 1 unspecified atom stereocenters. The molecule has 2 aliphatic rings. The van der Waals surface area contributed by atoms with Gasteiger partial charge in [0.1, 0.15) is 0 Å². The number of aliphatic hydroxyl groups is 1. The third kappa shape index (κ3) is 6.07. The van der Waals surface area contributed by atoms with Crippen LogP contribution in [0.2, 0.25) is 0 Å². The van der Waals surface area contributed by atoms with Crippen LogP contribution in [-0.2, 0) is 15.1 Å². The zero-order chi connectivity index (χ0) is 23.4. The van der Waals surface area contributed by atoms with Crippen LogP contribution in [0.1, 0.15) is 64.9 Å². The number of benzene rings is 1. The van der Waals surface area contributed by atoms with Crippen molar-refractivity contribution in [3.8, 4) is 0 Å². The SMILES string of the molecule is CCC(CC)N1C=CN(CCCOC(=O)[C@](O)(c2ccccc2)[C@@H]2CCC(F)(F)C2)C1C.[Br-]. The normalized spacial score (nSPS) is 23.5. The number of hydrogen-bond donors (Lipinski definition) is 1. The van der Waals surface area contributed by atoms with Crippen molar-refractivity contribution < 1.29 is 40.4 Å². The maximum Gasteiger partial charge on any atom is 0.343 e. The van der Waals surface area contributed by atoms with Crippen LogP contribution in [-0.4, -0.2) is 52.2 Å². The second-order valence-electron chi connectivity index (χ2n) is 9.00. The van der Waals surface area contributed by atoms with Crippen LogP contribution in [0, 0.1) is 5.92 Å². The summed E-state index contributed by atoms with van der Waals surface area (Å²) >= 11 is 0. The Morgan fingerprint density at radius 2 is 1.91 bits per heavy atom. The summed E-state index contributed by atoms with van der Waals surface area (Å²) in [6.07, 6.45) is 6.39. The van der Waals surface area contributed by atoms with Gasteiger partial charge in [0.25, 0.3) is 0 Å². The number of halogens is 3. The van der Waals surface area contributed by atoms with Crippen LogP contribution in [0.5, 0.6) is 0 Å². The molecule has 5 nitrogen and oxygen atoms in total. The Hall–Kier alpha value is -1.67. The molecule has 1 aromatic carbocycles. The lowest BCUT2D eigenvalue weighted by molar-refractivity contribution is -0.175. The highest BCUT2D eigenvalue weighted by atomic mass is 79.9. The van der Waals surface area contributed by atoms with Gasteiger partial charge in [0.15, 0.2) is 5.60 Å². The van der Waals surface area contributed by atoms with Gasteiger partial charge in [-0.3, -0.25) is 0 Å². The third-order valence-corrected chi connectivity index (χ3v) is 7.02. The van der Waals surface area contributed by atoms with E-state index in [1.54, 1.807) is 30.3 Å². The van der Waals surface area contributed by atoms with Crippen LogP contribution >= 0.6 is 0 Å². The van der Waals surface area contributed by atoms with Crippen molar-refractivity contribution in [3.63, 3.8) is 0 Å². The van der Waals surface area contributed by atoms with Crippen molar-refractivity contribution in [1.82, 2.24) is 9.80 Å². The lowest BCUT2D eigenvalue weighted by Crippen LogP contribution is -3.00. The molecule has 0 radical (unpaired) electrons. The quantitative estimate of drug-likeness (QED) is 0.370. The van der Waals surface area contributed by atoms with E-state index in [1.165, 1.54) is 0 Å². The van der Waals surface area contributed by atoms with Gasteiger partial charge >= 0.3 is 5.97 Å². The molecule has 8 heteroatoms. The van der Waals surface area contributed by atoms with Crippen LogP contribution < -0.4 is 17.0 Å². The van der Waals surface area contributed by atoms with Crippen molar-refractivity contribution in [3.05, 3.63) is 48.3 Å². The van der Waals surface area contributed by atoms with Gasteiger partial charge in [-0.15, -0.1) is 0 Å². The summed E-state index contributed by atoms with van der Waals surface area (Å²) in [5.41, 5.74) is -1.75. The Labute approximate surface area is 206 Å². The van der Waals surface area contributed by atoms with Crippen molar-refractivity contribution >= 4 is 5.97 Å². The largest absolute Gasteiger partial charge is 1.00 e. The van der Waals surface area contributed by atoms with Gasteiger partial charge in [-0.05, 0) is 38.2 Å². The summed E-state index contributed by atoms with van der Waals surface area (Å²) in [6.45, 7) is 7.35. The van der Waals surface area contributed by atoms with Gasteiger partial charge in [-0.25, -0.2) is 13.6 Å². The number of hydrogen-bond acceptors (Lipinski definition) is 5. The molecule has 1 saturated carbocycles. The van der Waals surface area contributed by atoms with Crippen molar-refractivity contribution in [2.45, 2.75) is 83.0 Å². The summed E-state index contributed by atoms with van der Waals surface area (Å²) in [4.78, 5) is 17.5. The summed E-state index contributed by atoms with van der Waals surface area (Å²) in [5, 5.41) is 11.3. The first-order chi connectivity index (χ1) is 15.2. The fraction of sp³-hybridized carbons (Fsp3) is 0.640. The number of esters is 1. The topological polar surface area (TPSA) is 53.0 Å². The number of carbonyl (C=O) groups excluding carboxylic acids is 1. The number of nitrogens with zero attached hydrogens (tertiary/aromatic N) is 2. The highest BCUT2D eigenvalue weighted by Crippen LogP contribution is 2.47. The summed E-state index contributed by atoms with van der Waals surface area (Å²) in [6, 6.07) is 8.83. The molecule has 33 heavy (non-hydrogen) atoms. The average molecular weight is 530 g/mol. The minimum Gasteiger partial charge on any atom is -1.00 e. The molecule has 1 aliphatic carbocycles.